The van der Waals surface area contributed by atoms with Crippen LogP contribution in [0.25, 0.3) is 10.8 Å². The Bertz CT molecular complexity index is 907. The summed E-state index contributed by atoms with van der Waals surface area (Å²) in [5.41, 5.74) is 1.84. The zero-order chi connectivity index (χ0) is 18.5. The Morgan fingerprint density at radius 3 is 2.92 bits per heavy atom. The predicted molar refractivity (Wildman–Crippen MR) is 100 cm³/mol. The molecule has 0 aliphatic rings. The first-order valence-corrected chi connectivity index (χ1v) is 9.65. The van der Waals surface area contributed by atoms with E-state index in [4.69, 9.17) is 9.15 Å². The molecule has 136 valence electrons. The molecule has 0 aliphatic carbocycles. The second-order valence-electron chi connectivity index (χ2n) is 5.44. The number of rotatable bonds is 7. The number of thiazole rings is 1. The van der Waals surface area contributed by atoms with E-state index in [0.717, 1.165) is 26.9 Å². The van der Waals surface area contributed by atoms with Gasteiger partial charge in [0.05, 0.1) is 23.6 Å². The number of aromatic nitrogens is 3. The molecule has 7 nitrogen and oxygen atoms in total. The zero-order valence-electron chi connectivity index (χ0n) is 14.6. The van der Waals surface area contributed by atoms with Gasteiger partial charge in [-0.25, -0.2) is 4.98 Å². The largest absolute Gasteiger partial charge is 0.497 e. The van der Waals surface area contributed by atoms with Crippen molar-refractivity contribution in [2.75, 3.05) is 12.9 Å². The van der Waals surface area contributed by atoms with E-state index in [9.17, 15) is 4.79 Å². The molecule has 1 amide bonds. The van der Waals surface area contributed by atoms with Gasteiger partial charge in [0.1, 0.15) is 10.6 Å². The van der Waals surface area contributed by atoms with Crippen molar-refractivity contribution >= 4 is 29.0 Å². The van der Waals surface area contributed by atoms with Gasteiger partial charge in [0.25, 0.3) is 11.1 Å². The molecule has 2 aromatic heterocycles. The van der Waals surface area contributed by atoms with Crippen LogP contribution in [-0.2, 0) is 11.3 Å². The molecule has 0 saturated carbocycles. The molecule has 2 heterocycles. The Balaban J connectivity index is 1.51. The fourth-order valence-electron chi connectivity index (χ4n) is 2.25. The van der Waals surface area contributed by atoms with Crippen molar-refractivity contribution in [1.29, 1.82) is 0 Å². The second kappa shape index (κ2) is 8.33. The van der Waals surface area contributed by atoms with E-state index >= 15 is 0 Å². The van der Waals surface area contributed by atoms with E-state index in [1.807, 2.05) is 38.1 Å². The molecule has 3 rings (SSSR count). The molecule has 0 spiro atoms. The van der Waals surface area contributed by atoms with Crippen LogP contribution in [0.3, 0.4) is 0 Å². The number of carbonyl (C=O) groups excluding carboxylic acids is 1. The third-order valence-electron chi connectivity index (χ3n) is 3.45. The number of amides is 1. The molecule has 9 heteroatoms. The molecule has 0 radical (unpaired) electrons. The quantitative estimate of drug-likeness (QED) is 0.619. The van der Waals surface area contributed by atoms with Crippen LogP contribution in [0, 0.1) is 13.8 Å². The molecule has 26 heavy (non-hydrogen) atoms. The molecule has 0 saturated heterocycles. The Morgan fingerprint density at radius 2 is 2.19 bits per heavy atom. The summed E-state index contributed by atoms with van der Waals surface area (Å²) in [6, 6.07) is 7.57. The summed E-state index contributed by atoms with van der Waals surface area (Å²) in [7, 11) is 1.61. The number of hydrogen-bond donors (Lipinski definition) is 1. The Hall–Kier alpha value is -2.39. The fraction of sp³-hybridized carbons (Fsp3) is 0.294. The SMILES string of the molecule is COc1cccc(CNC(=O)CSc2nnc(-c3sc(C)nc3C)o2)c1. The predicted octanol–water partition coefficient (Wildman–Crippen LogP) is 3.23. The van der Waals surface area contributed by atoms with Gasteiger partial charge in [-0.1, -0.05) is 23.9 Å². The fourth-order valence-corrected chi connectivity index (χ4v) is 3.69. The maximum atomic E-state index is 12.0. The lowest BCUT2D eigenvalue weighted by Gasteiger charge is -2.06. The first-order valence-electron chi connectivity index (χ1n) is 7.85. The maximum Gasteiger partial charge on any atom is 0.277 e. The van der Waals surface area contributed by atoms with Gasteiger partial charge < -0.3 is 14.5 Å². The Labute approximate surface area is 159 Å². The van der Waals surface area contributed by atoms with Gasteiger partial charge in [0, 0.05) is 6.54 Å². The van der Waals surface area contributed by atoms with E-state index < -0.39 is 0 Å². The highest BCUT2D eigenvalue weighted by atomic mass is 32.2. The molecule has 1 aromatic carbocycles. The number of thioether (sulfide) groups is 1. The van der Waals surface area contributed by atoms with E-state index in [0.29, 0.717) is 17.7 Å². The highest BCUT2D eigenvalue weighted by Crippen LogP contribution is 2.30. The van der Waals surface area contributed by atoms with Crippen molar-refractivity contribution < 1.29 is 13.9 Å². The van der Waals surface area contributed by atoms with Gasteiger partial charge >= 0.3 is 0 Å². The van der Waals surface area contributed by atoms with Gasteiger partial charge in [0.15, 0.2) is 0 Å². The number of benzene rings is 1. The van der Waals surface area contributed by atoms with Gasteiger partial charge in [-0.15, -0.1) is 21.5 Å². The Kier molecular flexibility index (Phi) is 5.89. The lowest BCUT2D eigenvalue weighted by molar-refractivity contribution is -0.118. The van der Waals surface area contributed by atoms with E-state index in [1.54, 1.807) is 7.11 Å². The van der Waals surface area contributed by atoms with Crippen LogP contribution >= 0.6 is 23.1 Å². The lowest BCUT2D eigenvalue weighted by atomic mass is 10.2. The summed E-state index contributed by atoms with van der Waals surface area (Å²) in [6.07, 6.45) is 0. The number of hydrogen-bond acceptors (Lipinski definition) is 8. The topological polar surface area (TPSA) is 90.1 Å². The molecular weight excluding hydrogens is 372 g/mol. The van der Waals surface area contributed by atoms with Crippen LogP contribution in [0.15, 0.2) is 33.9 Å². The van der Waals surface area contributed by atoms with Gasteiger partial charge in [-0.05, 0) is 31.5 Å². The molecule has 0 bridgehead atoms. The van der Waals surface area contributed by atoms with E-state index in [-0.39, 0.29) is 11.7 Å². The first kappa shape index (κ1) is 18.4. The van der Waals surface area contributed by atoms with Crippen LogP contribution in [0.2, 0.25) is 0 Å². The summed E-state index contributed by atoms with van der Waals surface area (Å²) >= 11 is 2.71. The first-order chi connectivity index (χ1) is 12.5. The van der Waals surface area contributed by atoms with Crippen molar-refractivity contribution in [3.8, 4) is 16.5 Å². The van der Waals surface area contributed by atoms with Crippen LogP contribution in [0.4, 0.5) is 0 Å². The minimum Gasteiger partial charge on any atom is -0.497 e. The van der Waals surface area contributed by atoms with Crippen molar-refractivity contribution in [3.63, 3.8) is 0 Å². The van der Waals surface area contributed by atoms with Crippen LogP contribution in [0.5, 0.6) is 5.75 Å². The lowest BCUT2D eigenvalue weighted by Crippen LogP contribution is -2.24. The van der Waals surface area contributed by atoms with Crippen molar-refractivity contribution in [2.24, 2.45) is 0 Å². The standard InChI is InChI=1S/C17H18N4O3S2/c1-10-15(26-11(2)19-10)16-20-21-17(24-16)25-9-14(22)18-8-12-5-4-6-13(7-12)23-3/h4-7H,8-9H2,1-3H3,(H,18,22). The molecule has 0 unspecified atom stereocenters. The number of nitrogens with one attached hydrogen (secondary N) is 1. The maximum absolute atomic E-state index is 12.0. The monoisotopic (exact) mass is 390 g/mol. The molecular formula is C17H18N4O3S2. The van der Waals surface area contributed by atoms with Crippen molar-refractivity contribution in [1.82, 2.24) is 20.5 Å². The minimum absolute atomic E-state index is 0.109. The number of nitrogens with zero attached hydrogens (tertiary/aromatic N) is 3. The summed E-state index contributed by atoms with van der Waals surface area (Å²) in [5.74, 6) is 1.29. The van der Waals surface area contributed by atoms with Crippen molar-refractivity contribution in [3.05, 3.63) is 40.5 Å². The number of aryl methyl sites for hydroxylation is 2. The molecule has 0 aliphatic heterocycles. The third kappa shape index (κ3) is 4.61. The summed E-state index contributed by atoms with van der Waals surface area (Å²) in [5, 5.41) is 12.2. The van der Waals surface area contributed by atoms with Crippen LogP contribution in [-0.4, -0.2) is 34.0 Å². The van der Waals surface area contributed by atoms with E-state index in [2.05, 4.69) is 20.5 Å². The highest BCUT2D eigenvalue weighted by molar-refractivity contribution is 7.99. The summed E-state index contributed by atoms with van der Waals surface area (Å²) < 4.78 is 10.8. The molecule has 0 fully saturated rings. The number of methoxy groups -OCH3 is 1. The summed E-state index contributed by atoms with van der Waals surface area (Å²) in [6.45, 7) is 4.27. The zero-order valence-corrected chi connectivity index (χ0v) is 16.2. The average Bonchev–Trinajstić information content (AvgIpc) is 3.24. The second-order valence-corrected chi connectivity index (χ2v) is 7.57. The normalized spacial score (nSPS) is 10.7. The average molecular weight is 390 g/mol. The van der Waals surface area contributed by atoms with Crippen molar-refractivity contribution in [2.45, 2.75) is 25.6 Å². The Morgan fingerprint density at radius 1 is 1.35 bits per heavy atom. The van der Waals surface area contributed by atoms with Gasteiger partial charge in [0.2, 0.25) is 5.91 Å². The summed E-state index contributed by atoms with van der Waals surface area (Å²) in [4.78, 5) is 17.2. The van der Waals surface area contributed by atoms with Crippen LogP contribution in [0.1, 0.15) is 16.3 Å². The molecule has 3 aromatic rings. The highest BCUT2D eigenvalue weighted by Gasteiger charge is 2.16. The minimum atomic E-state index is -0.109. The number of ether oxygens (including phenoxy) is 1. The smallest absolute Gasteiger partial charge is 0.277 e. The third-order valence-corrected chi connectivity index (χ3v) is 5.33. The molecule has 1 N–H and O–H groups in total. The number of carbonyl (C=O) groups is 1. The van der Waals surface area contributed by atoms with E-state index in [1.165, 1.54) is 23.1 Å². The van der Waals surface area contributed by atoms with Gasteiger partial charge in [-0.2, -0.15) is 0 Å². The molecule has 0 atom stereocenters. The van der Waals surface area contributed by atoms with Crippen LogP contribution < -0.4 is 10.1 Å². The van der Waals surface area contributed by atoms with Gasteiger partial charge in [-0.3, -0.25) is 4.79 Å².